The van der Waals surface area contributed by atoms with Gasteiger partial charge in [-0.2, -0.15) is 0 Å². The molecular weight excluding hydrogens is 229 g/mol. The third-order valence-electron chi connectivity index (χ3n) is 3.31. The van der Waals surface area contributed by atoms with Gasteiger partial charge >= 0.3 is 0 Å². The third-order valence-corrected chi connectivity index (χ3v) is 3.31. The number of ether oxygens (including phenoxy) is 1. The Bertz CT molecular complexity index is 343. The van der Waals surface area contributed by atoms with Gasteiger partial charge in [0.2, 0.25) is 0 Å². The molecular formula is C15H24FNO. The molecule has 2 nitrogen and oxygen atoms in total. The van der Waals surface area contributed by atoms with E-state index in [4.69, 9.17) is 4.74 Å². The Labute approximate surface area is 110 Å². The lowest BCUT2D eigenvalue weighted by Gasteiger charge is -2.23. The molecule has 2 unspecified atom stereocenters. The first kappa shape index (κ1) is 15.1. The van der Waals surface area contributed by atoms with Crippen molar-refractivity contribution in [2.24, 2.45) is 5.92 Å². The maximum Gasteiger partial charge on any atom is 0.128 e. The van der Waals surface area contributed by atoms with Crippen molar-refractivity contribution in [3.8, 4) is 0 Å². The standard InChI is InChI=1S/C15H24FNO/c1-4-12(3)15(17-5-2)11-18-10-13-8-6-7-9-14(13)16/h6-9,12,15,17H,4-5,10-11H2,1-3H3. The lowest BCUT2D eigenvalue weighted by Crippen LogP contribution is -2.38. The second-order valence-corrected chi connectivity index (χ2v) is 4.66. The second-order valence-electron chi connectivity index (χ2n) is 4.66. The SMILES string of the molecule is CCNC(COCc1ccccc1F)C(C)CC. The zero-order valence-corrected chi connectivity index (χ0v) is 11.6. The first-order chi connectivity index (χ1) is 8.69. The highest BCUT2D eigenvalue weighted by Crippen LogP contribution is 2.11. The van der Waals surface area contributed by atoms with Crippen LogP contribution in [0, 0.1) is 11.7 Å². The van der Waals surface area contributed by atoms with Crippen LogP contribution in [0.4, 0.5) is 4.39 Å². The van der Waals surface area contributed by atoms with E-state index >= 15 is 0 Å². The molecule has 1 aromatic rings. The largest absolute Gasteiger partial charge is 0.375 e. The molecule has 102 valence electrons. The third kappa shape index (κ3) is 4.75. The average Bonchev–Trinajstić information content (AvgIpc) is 2.39. The van der Waals surface area contributed by atoms with Gasteiger partial charge in [0.15, 0.2) is 0 Å². The van der Waals surface area contributed by atoms with Crippen molar-refractivity contribution >= 4 is 0 Å². The molecule has 0 bridgehead atoms. The van der Waals surface area contributed by atoms with Crippen molar-refractivity contribution in [2.75, 3.05) is 13.2 Å². The summed E-state index contributed by atoms with van der Waals surface area (Å²) in [5, 5.41) is 3.42. The van der Waals surface area contributed by atoms with E-state index in [-0.39, 0.29) is 5.82 Å². The number of benzene rings is 1. The van der Waals surface area contributed by atoms with Crippen molar-refractivity contribution in [3.05, 3.63) is 35.6 Å². The minimum absolute atomic E-state index is 0.193. The van der Waals surface area contributed by atoms with Gasteiger partial charge in [0.1, 0.15) is 5.82 Å². The number of nitrogens with one attached hydrogen (secondary N) is 1. The Morgan fingerprint density at radius 1 is 1.28 bits per heavy atom. The Balaban J connectivity index is 2.41. The van der Waals surface area contributed by atoms with Crippen LogP contribution in [-0.2, 0) is 11.3 Å². The molecule has 0 heterocycles. The summed E-state index contributed by atoms with van der Waals surface area (Å²) in [7, 11) is 0. The summed E-state index contributed by atoms with van der Waals surface area (Å²) in [6, 6.07) is 7.10. The molecule has 0 saturated carbocycles. The van der Waals surface area contributed by atoms with Gasteiger partial charge in [-0.25, -0.2) is 4.39 Å². The molecule has 0 saturated heterocycles. The predicted molar refractivity (Wildman–Crippen MR) is 73.0 cm³/mol. The van der Waals surface area contributed by atoms with Crippen LogP contribution in [0.2, 0.25) is 0 Å². The van der Waals surface area contributed by atoms with Crippen LogP contribution in [0.15, 0.2) is 24.3 Å². The zero-order chi connectivity index (χ0) is 13.4. The maximum atomic E-state index is 13.4. The van der Waals surface area contributed by atoms with Gasteiger partial charge in [-0.1, -0.05) is 45.4 Å². The molecule has 0 aliphatic carbocycles. The summed E-state index contributed by atoms with van der Waals surface area (Å²) in [6.45, 7) is 8.36. The second kappa shape index (κ2) is 8.22. The van der Waals surface area contributed by atoms with Gasteiger partial charge in [0.25, 0.3) is 0 Å². The van der Waals surface area contributed by atoms with Crippen LogP contribution in [0.3, 0.4) is 0 Å². The van der Waals surface area contributed by atoms with Crippen LogP contribution >= 0.6 is 0 Å². The van der Waals surface area contributed by atoms with Gasteiger partial charge in [0, 0.05) is 11.6 Å². The van der Waals surface area contributed by atoms with Crippen LogP contribution in [0.5, 0.6) is 0 Å². The summed E-state index contributed by atoms with van der Waals surface area (Å²) in [4.78, 5) is 0. The molecule has 0 radical (unpaired) electrons. The summed E-state index contributed by atoms with van der Waals surface area (Å²) < 4.78 is 19.0. The monoisotopic (exact) mass is 253 g/mol. The molecule has 0 fully saturated rings. The van der Waals surface area contributed by atoms with Gasteiger partial charge in [-0.15, -0.1) is 0 Å². The first-order valence-corrected chi connectivity index (χ1v) is 6.73. The molecule has 0 spiro atoms. The Kier molecular flexibility index (Phi) is 6.91. The fraction of sp³-hybridized carbons (Fsp3) is 0.600. The van der Waals surface area contributed by atoms with Gasteiger partial charge in [0.05, 0.1) is 13.2 Å². The highest BCUT2D eigenvalue weighted by atomic mass is 19.1. The van der Waals surface area contributed by atoms with E-state index < -0.39 is 0 Å². The molecule has 0 aromatic heterocycles. The molecule has 0 aliphatic heterocycles. The van der Waals surface area contributed by atoms with E-state index in [1.54, 1.807) is 12.1 Å². The lowest BCUT2D eigenvalue weighted by molar-refractivity contribution is 0.0820. The first-order valence-electron chi connectivity index (χ1n) is 6.73. The van der Waals surface area contributed by atoms with Crippen molar-refractivity contribution in [1.82, 2.24) is 5.32 Å². The van der Waals surface area contributed by atoms with Crippen LogP contribution in [0.1, 0.15) is 32.8 Å². The molecule has 3 heteroatoms. The van der Waals surface area contributed by atoms with E-state index in [1.807, 2.05) is 6.07 Å². The van der Waals surface area contributed by atoms with E-state index in [9.17, 15) is 4.39 Å². The summed E-state index contributed by atoms with van der Waals surface area (Å²) in [5.74, 6) is 0.367. The number of hydrogen-bond donors (Lipinski definition) is 1. The normalized spacial score (nSPS) is 14.4. The quantitative estimate of drug-likeness (QED) is 0.767. The fourth-order valence-corrected chi connectivity index (χ4v) is 1.88. The van der Waals surface area contributed by atoms with E-state index in [2.05, 4.69) is 26.1 Å². The minimum atomic E-state index is -0.193. The fourth-order valence-electron chi connectivity index (χ4n) is 1.88. The Morgan fingerprint density at radius 3 is 2.61 bits per heavy atom. The molecule has 0 aliphatic rings. The van der Waals surface area contributed by atoms with Crippen molar-refractivity contribution < 1.29 is 9.13 Å². The zero-order valence-electron chi connectivity index (χ0n) is 11.6. The van der Waals surface area contributed by atoms with Gasteiger partial charge < -0.3 is 10.1 Å². The molecule has 18 heavy (non-hydrogen) atoms. The summed E-state index contributed by atoms with van der Waals surface area (Å²) in [5.41, 5.74) is 0.622. The minimum Gasteiger partial charge on any atom is -0.375 e. The van der Waals surface area contributed by atoms with E-state index in [0.717, 1.165) is 13.0 Å². The van der Waals surface area contributed by atoms with Gasteiger partial charge in [-0.3, -0.25) is 0 Å². The molecule has 1 aromatic carbocycles. The van der Waals surface area contributed by atoms with E-state index in [1.165, 1.54) is 6.07 Å². The average molecular weight is 253 g/mol. The van der Waals surface area contributed by atoms with Crippen LogP contribution < -0.4 is 5.32 Å². The summed E-state index contributed by atoms with van der Waals surface area (Å²) in [6.07, 6.45) is 1.11. The van der Waals surface area contributed by atoms with Crippen LogP contribution in [-0.4, -0.2) is 19.2 Å². The van der Waals surface area contributed by atoms with Gasteiger partial charge in [-0.05, 0) is 18.5 Å². The van der Waals surface area contributed by atoms with Crippen molar-refractivity contribution in [1.29, 1.82) is 0 Å². The number of halogens is 1. The molecule has 2 atom stereocenters. The maximum absolute atomic E-state index is 13.4. The highest BCUT2D eigenvalue weighted by molar-refractivity contribution is 5.16. The van der Waals surface area contributed by atoms with Crippen molar-refractivity contribution in [3.63, 3.8) is 0 Å². The smallest absolute Gasteiger partial charge is 0.128 e. The van der Waals surface area contributed by atoms with Crippen molar-refractivity contribution in [2.45, 2.75) is 39.8 Å². The predicted octanol–water partition coefficient (Wildman–Crippen LogP) is 3.37. The molecule has 1 N–H and O–H groups in total. The number of likely N-dealkylation sites (N-methyl/N-ethyl adjacent to an activating group) is 1. The summed E-state index contributed by atoms with van der Waals surface area (Å²) >= 11 is 0. The lowest BCUT2D eigenvalue weighted by atomic mass is 10.00. The molecule has 0 amide bonds. The van der Waals surface area contributed by atoms with Crippen LogP contribution in [0.25, 0.3) is 0 Å². The Hall–Kier alpha value is -0.930. The van der Waals surface area contributed by atoms with E-state index in [0.29, 0.717) is 30.7 Å². The molecule has 1 rings (SSSR count). The Morgan fingerprint density at radius 2 is 2.00 bits per heavy atom. The number of hydrogen-bond acceptors (Lipinski definition) is 2. The topological polar surface area (TPSA) is 21.3 Å². The highest BCUT2D eigenvalue weighted by Gasteiger charge is 2.14. The number of rotatable bonds is 8.